The molecule has 2 aromatic rings. The minimum absolute atomic E-state index is 0.158. The molecule has 17 heteroatoms. The predicted octanol–water partition coefficient (Wildman–Crippen LogP) is 4.96. The number of alkyl carbamates (subject to hydrolysis) is 1. The number of carbonyl (C=O) groups excluding carboxylic acids is 4. The lowest BCUT2D eigenvalue weighted by Crippen LogP contribution is -2.65. The number of halogens is 3. The molecule has 8 atom stereocenters. The Morgan fingerprint density at radius 1 is 1.12 bits per heavy atom. The largest absolute Gasteiger partial charge is 0.495 e. The fourth-order valence-electron chi connectivity index (χ4n) is 8.01. The summed E-state index contributed by atoms with van der Waals surface area (Å²) in [6.45, 7) is 6.32. The molecule has 6 rings (SSSR count). The molecule has 3 saturated heterocycles. The number of allylic oxidation sites excluding steroid dienone is 3. The molecule has 3 fully saturated rings. The summed E-state index contributed by atoms with van der Waals surface area (Å²) in [5.74, 6) is -3.61. The smallest absolute Gasteiger partial charge is 0.409 e. The van der Waals surface area contributed by atoms with Gasteiger partial charge in [-0.2, -0.15) is 0 Å². The molecule has 56 heavy (non-hydrogen) atoms. The standard InChI is InChI=1S/C39H45Cl2FN4O10/c1-19-9-8-10-30(53-7)39(51)17-29(54-36(50)44-39)20(2)38-18-46(34(48)23-14-25(42)26(43)15-24(23)40)21(3)35(49)55-31(37(38,4)56-38)16-32(47)45(5)27-12-22(11-19)13-28(52-6)33(27)41/h8-10,12-15,20-21,29-31,51H,11,16-18,43H2,1-7H3,(H,44,50)/b10-8+,19-9+/t20-,21+,29+,30-,31+,37+,38+,39+/m1/s1. The molecule has 4 N–H and O–H groups in total. The van der Waals surface area contributed by atoms with Gasteiger partial charge in [0, 0.05) is 26.5 Å². The minimum atomic E-state index is -1.98. The average molecular weight is 820 g/mol. The van der Waals surface area contributed by atoms with E-state index in [1.54, 1.807) is 38.1 Å². The maximum atomic E-state index is 14.7. The Morgan fingerprint density at radius 3 is 2.52 bits per heavy atom. The van der Waals surface area contributed by atoms with Gasteiger partial charge < -0.3 is 44.3 Å². The molecule has 6 bridgehead atoms. The summed E-state index contributed by atoms with van der Waals surface area (Å²) in [5, 5.41) is 14.5. The first-order valence-corrected chi connectivity index (χ1v) is 18.7. The summed E-state index contributed by atoms with van der Waals surface area (Å²) >= 11 is 13.2. The lowest BCUT2D eigenvalue weighted by Gasteiger charge is -2.45. The van der Waals surface area contributed by atoms with Gasteiger partial charge in [0.15, 0.2) is 5.72 Å². The predicted molar refractivity (Wildman–Crippen MR) is 204 cm³/mol. The molecule has 0 spiro atoms. The molecular weight excluding hydrogens is 774 g/mol. The summed E-state index contributed by atoms with van der Waals surface area (Å²) < 4.78 is 44.5. The van der Waals surface area contributed by atoms with Crippen LogP contribution >= 0.6 is 23.2 Å². The summed E-state index contributed by atoms with van der Waals surface area (Å²) in [6, 6.07) is 4.19. The van der Waals surface area contributed by atoms with Crippen LogP contribution in [0, 0.1) is 11.7 Å². The number of ether oxygens (including phenoxy) is 5. The molecule has 0 radical (unpaired) electrons. The van der Waals surface area contributed by atoms with E-state index in [1.165, 1.54) is 33.1 Å². The molecule has 302 valence electrons. The van der Waals surface area contributed by atoms with E-state index in [4.69, 9.17) is 52.6 Å². The van der Waals surface area contributed by atoms with Gasteiger partial charge in [0.2, 0.25) is 5.91 Å². The van der Waals surface area contributed by atoms with Crippen LogP contribution in [0.5, 0.6) is 5.75 Å². The number of nitrogen functional groups attached to an aromatic ring is 1. The number of nitrogens with two attached hydrogens (primary N) is 1. The summed E-state index contributed by atoms with van der Waals surface area (Å²) in [5.41, 5.74) is 2.18. The Kier molecular flexibility index (Phi) is 11.2. The highest BCUT2D eigenvalue weighted by molar-refractivity contribution is 6.35. The number of fused-ring (bicyclic) bond motifs is 4. The number of nitrogens with zero attached hydrogens (tertiary/aromatic N) is 2. The highest BCUT2D eigenvalue weighted by Crippen LogP contribution is 2.59. The molecule has 0 aromatic heterocycles. The van der Waals surface area contributed by atoms with E-state index in [0.717, 1.165) is 28.2 Å². The number of hydrogen-bond donors (Lipinski definition) is 3. The van der Waals surface area contributed by atoms with Crippen molar-refractivity contribution in [2.75, 3.05) is 38.4 Å². The Morgan fingerprint density at radius 2 is 1.84 bits per heavy atom. The van der Waals surface area contributed by atoms with E-state index < -0.39 is 83.3 Å². The molecule has 4 aliphatic heterocycles. The number of rotatable bonds is 3. The Balaban J connectivity index is 1.50. The SMILES string of the molecule is COc1cc2cc(c1Cl)N(C)C(=O)C[C@@H]1OC(=O)[C@H](C)N(C(=O)c3cc(F)c(N)cc3Cl)C[C@]3(O[C@@]13C)[C@H](C)[C@@H]1C[C@@](O)(NC(=O)O1)[C@H](OC)/C=C/C=C(\C)C2. The Labute approximate surface area is 333 Å². The zero-order valence-electron chi connectivity index (χ0n) is 32.0. The maximum Gasteiger partial charge on any atom is 0.409 e. The van der Waals surface area contributed by atoms with Crippen LogP contribution in [0.4, 0.5) is 20.6 Å². The van der Waals surface area contributed by atoms with Crippen LogP contribution in [0.25, 0.3) is 0 Å². The second-order valence-corrected chi connectivity index (χ2v) is 15.8. The number of nitrogens with one attached hydrogen (secondary N) is 1. The van der Waals surface area contributed by atoms with Crippen molar-refractivity contribution < 1.29 is 52.4 Å². The van der Waals surface area contributed by atoms with Gasteiger partial charge in [-0.05, 0) is 57.0 Å². The average Bonchev–Trinajstić information content (AvgIpc) is 3.76. The lowest BCUT2D eigenvalue weighted by atomic mass is 9.74. The van der Waals surface area contributed by atoms with Gasteiger partial charge in [-0.3, -0.25) is 14.9 Å². The molecule has 4 aliphatic rings. The number of esters is 1. The topological polar surface area (TPSA) is 182 Å². The summed E-state index contributed by atoms with van der Waals surface area (Å²) in [6.07, 6.45) is 0.627. The van der Waals surface area contributed by atoms with Gasteiger partial charge in [0.05, 0.1) is 42.0 Å². The van der Waals surface area contributed by atoms with Gasteiger partial charge in [-0.15, -0.1) is 0 Å². The van der Waals surface area contributed by atoms with E-state index in [2.05, 4.69) is 5.32 Å². The first kappa shape index (κ1) is 41.2. The highest BCUT2D eigenvalue weighted by Gasteiger charge is 2.77. The fourth-order valence-corrected chi connectivity index (χ4v) is 8.58. The van der Waals surface area contributed by atoms with E-state index in [9.17, 15) is 28.7 Å². The first-order valence-electron chi connectivity index (χ1n) is 18.0. The van der Waals surface area contributed by atoms with Crippen molar-refractivity contribution in [2.45, 2.75) is 88.2 Å². The number of anilines is 2. The van der Waals surface area contributed by atoms with Crippen LogP contribution in [0.1, 0.15) is 56.5 Å². The van der Waals surface area contributed by atoms with E-state index >= 15 is 0 Å². The Bertz CT molecular complexity index is 2030. The zero-order chi connectivity index (χ0) is 41.1. The van der Waals surface area contributed by atoms with Crippen LogP contribution in [-0.4, -0.2) is 103 Å². The van der Waals surface area contributed by atoms with Crippen LogP contribution in [-0.2, 0) is 35.0 Å². The van der Waals surface area contributed by atoms with Crippen molar-refractivity contribution >= 4 is 58.5 Å². The zero-order valence-corrected chi connectivity index (χ0v) is 33.5. The van der Waals surface area contributed by atoms with Crippen molar-refractivity contribution in [1.29, 1.82) is 0 Å². The number of benzene rings is 2. The summed E-state index contributed by atoms with van der Waals surface area (Å²) in [4.78, 5) is 58.1. The van der Waals surface area contributed by atoms with Crippen molar-refractivity contribution in [3.63, 3.8) is 0 Å². The van der Waals surface area contributed by atoms with Crippen molar-refractivity contribution in [1.82, 2.24) is 10.2 Å². The summed E-state index contributed by atoms with van der Waals surface area (Å²) in [7, 11) is 4.39. The molecule has 14 nitrogen and oxygen atoms in total. The van der Waals surface area contributed by atoms with Crippen molar-refractivity contribution in [3.8, 4) is 5.75 Å². The molecule has 0 saturated carbocycles. The van der Waals surface area contributed by atoms with Crippen LogP contribution in [0.15, 0.2) is 48.1 Å². The minimum Gasteiger partial charge on any atom is -0.495 e. The van der Waals surface area contributed by atoms with E-state index in [-0.39, 0.29) is 34.3 Å². The van der Waals surface area contributed by atoms with E-state index in [1.807, 2.05) is 13.0 Å². The first-order chi connectivity index (χ1) is 26.3. The second-order valence-electron chi connectivity index (χ2n) is 15.0. The van der Waals surface area contributed by atoms with E-state index in [0.29, 0.717) is 17.9 Å². The van der Waals surface area contributed by atoms with Crippen molar-refractivity contribution in [3.05, 3.63) is 75.1 Å². The molecule has 0 aliphatic carbocycles. The second kappa shape index (κ2) is 15.2. The molecule has 2 aromatic carbocycles. The number of hydrogen-bond acceptors (Lipinski definition) is 11. The van der Waals surface area contributed by atoms with Gasteiger partial charge in [0.25, 0.3) is 5.91 Å². The monoisotopic (exact) mass is 818 g/mol. The van der Waals surface area contributed by atoms with Crippen LogP contribution < -0.4 is 20.7 Å². The van der Waals surface area contributed by atoms with Crippen LogP contribution in [0.2, 0.25) is 10.0 Å². The molecule has 3 amide bonds. The maximum absolute atomic E-state index is 14.7. The fraction of sp³-hybridized carbons (Fsp3) is 0.487. The van der Waals surface area contributed by atoms with Gasteiger partial charge in [-0.1, -0.05) is 53.9 Å². The molecular formula is C39H45Cl2FN4O10. The van der Waals surface area contributed by atoms with Gasteiger partial charge in [-0.25, -0.2) is 14.0 Å². The molecule has 4 heterocycles. The number of carbonyl (C=O) groups is 4. The third kappa shape index (κ3) is 7.19. The third-order valence-electron chi connectivity index (χ3n) is 11.5. The third-order valence-corrected chi connectivity index (χ3v) is 12.2. The quantitative estimate of drug-likeness (QED) is 0.216. The van der Waals surface area contributed by atoms with Gasteiger partial charge >= 0.3 is 12.1 Å². The lowest BCUT2D eigenvalue weighted by molar-refractivity contribution is -0.161. The number of amides is 3. The normalized spacial score (nSPS) is 33.7. The van der Waals surface area contributed by atoms with Crippen LogP contribution in [0.3, 0.4) is 0 Å². The molecule has 0 unspecified atom stereocenters. The highest BCUT2D eigenvalue weighted by atomic mass is 35.5. The van der Waals surface area contributed by atoms with Crippen molar-refractivity contribution in [2.24, 2.45) is 5.92 Å². The number of methoxy groups -OCH3 is 2. The van der Waals surface area contributed by atoms with Gasteiger partial charge in [0.1, 0.15) is 52.1 Å². The number of aliphatic hydroxyl groups is 1. The number of epoxide rings is 1. The Hall–Kier alpha value is -4.41.